The second-order valence-corrected chi connectivity index (χ2v) is 7.99. The first-order valence-electron chi connectivity index (χ1n) is 10.4. The van der Waals surface area contributed by atoms with Crippen LogP contribution in [-0.4, -0.2) is 47.4 Å². The Morgan fingerprint density at radius 1 is 1.13 bits per heavy atom. The zero-order valence-electron chi connectivity index (χ0n) is 16.7. The Morgan fingerprint density at radius 3 is 2.73 bits per heavy atom. The fourth-order valence-corrected chi connectivity index (χ4v) is 4.25. The predicted molar refractivity (Wildman–Crippen MR) is 109 cm³/mol. The number of amides is 1. The third-order valence-electron chi connectivity index (χ3n) is 5.84. The van der Waals surface area contributed by atoms with Gasteiger partial charge in [-0.2, -0.15) is 0 Å². The van der Waals surface area contributed by atoms with E-state index in [4.69, 9.17) is 4.98 Å². The number of benzene rings is 1. The minimum absolute atomic E-state index is 0.157. The number of tetrazole rings is 1. The Labute approximate surface area is 174 Å². The summed E-state index contributed by atoms with van der Waals surface area (Å²) in [5, 5.41) is 17.2. The topological polar surface area (TPSA) is 113 Å². The number of hydrogen-bond donors (Lipinski definition) is 2. The first-order chi connectivity index (χ1) is 14.7. The van der Waals surface area contributed by atoms with E-state index in [-0.39, 0.29) is 5.91 Å². The minimum atomic E-state index is 0.157. The van der Waals surface area contributed by atoms with E-state index in [2.05, 4.69) is 55.2 Å². The number of carbonyl (C=O) groups is 1. The monoisotopic (exact) mass is 404 g/mol. The van der Waals surface area contributed by atoms with Crippen molar-refractivity contribution >= 4 is 11.9 Å². The van der Waals surface area contributed by atoms with Crippen molar-refractivity contribution in [3.63, 3.8) is 0 Å². The fraction of sp³-hybridized carbons (Fsp3) is 0.429. The molecule has 0 unspecified atom stereocenters. The van der Waals surface area contributed by atoms with Gasteiger partial charge in [-0.1, -0.05) is 24.3 Å². The second-order valence-electron chi connectivity index (χ2n) is 7.99. The van der Waals surface area contributed by atoms with Crippen molar-refractivity contribution in [1.29, 1.82) is 0 Å². The van der Waals surface area contributed by atoms with Gasteiger partial charge in [-0.3, -0.25) is 4.79 Å². The highest BCUT2D eigenvalue weighted by molar-refractivity contribution is 5.76. The Hall–Kier alpha value is -3.36. The number of hydrogen-bond acceptors (Lipinski definition) is 7. The molecule has 0 saturated carbocycles. The van der Waals surface area contributed by atoms with E-state index in [1.807, 2.05) is 11.1 Å². The van der Waals surface area contributed by atoms with Crippen molar-refractivity contribution in [3.8, 4) is 0 Å². The van der Waals surface area contributed by atoms with Crippen molar-refractivity contribution in [1.82, 2.24) is 35.5 Å². The van der Waals surface area contributed by atoms with Gasteiger partial charge >= 0.3 is 0 Å². The summed E-state index contributed by atoms with van der Waals surface area (Å²) in [4.78, 5) is 23.6. The summed E-state index contributed by atoms with van der Waals surface area (Å²) in [6, 6.07) is 8.87. The molecule has 0 radical (unpaired) electrons. The Balaban J connectivity index is 1.12. The van der Waals surface area contributed by atoms with E-state index in [0.29, 0.717) is 31.5 Å². The normalized spacial score (nSPS) is 15.3. The van der Waals surface area contributed by atoms with Gasteiger partial charge in [0.2, 0.25) is 11.9 Å². The van der Waals surface area contributed by atoms with Crippen LogP contribution in [-0.2, 0) is 37.1 Å². The molecule has 2 N–H and O–H groups in total. The Kier molecular flexibility index (Phi) is 5.08. The van der Waals surface area contributed by atoms with Crippen molar-refractivity contribution in [3.05, 3.63) is 58.7 Å². The molecule has 154 valence electrons. The quantitative estimate of drug-likeness (QED) is 0.578. The highest BCUT2D eigenvalue weighted by atomic mass is 16.2. The van der Waals surface area contributed by atoms with E-state index in [1.54, 1.807) is 0 Å². The lowest BCUT2D eigenvalue weighted by molar-refractivity contribution is -0.131. The highest BCUT2D eigenvalue weighted by Gasteiger charge is 2.26. The summed E-state index contributed by atoms with van der Waals surface area (Å²) >= 11 is 0. The number of carbonyl (C=O) groups excluding carboxylic acids is 1. The summed E-state index contributed by atoms with van der Waals surface area (Å²) < 4.78 is 0. The second kappa shape index (κ2) is 8.17. The summed E-state index contributed by atoms with van der Waals surface area (Å²) in [5.74, 6) is 1.57. The lowest BCUT2D eigenvalue weighted by Gasteiger charge is -2.14. The predicted octanol–water partition coefficient (Wildman–Crippen LogP) is 1.82. The molecule has 2 aliphatic rings. The van der Waals surface area contributed by atoms with E-state index >= 15 is 0 Å². The van der Waals surface area contributed by atoms with Gasteiger partial charge in [0, 0.05) is 37.2 Å². The van der Waals surface area contributed by atoms with Crippen LogP contribution in [0, 0.1) is 0 Å². The first kappa shape index (κ1) is 18.7. The van der Waals surface area contributed by atoms with Crippen LogP contribution in [0.5, 0.6) is 0 Å². The third-order valence-corrected chi connectivity index (χ3v) is 5.84. The molecule has 1 aromatic carbocycles. The minimum Gasteiger partial charge on any atom is -0.351 e. The van der Waals surface area contributed by atoms with Gasteiger partial charge in [-0.05, 0) is 47.2 Å². The Morgan fingerprint density at radius 2 is 1.97 bits per heavy atom. The van der Waals surface area contributed by atoms with E-state index < -0.39 is 0 Å². The van der Waals surface area contributed by atoms with Gasteiger partial charge in [0.1, 0.15) is 5.82 Å². The standard InChI is InChI=1S/C21H24N8O/c30-20(8-4-3-7-19-25-27-28-26-19)29-12-16-11-22-21(24-18(16)13-29)23-17-9-14-5-1-2-6-15(14)10-17/h1-2,5-6,11,17H,3-4,7-10,12-13H2,(H,22,23,24)(H,25,26,27,28). The lowest BCUT2D eigenvalue weighted by Crippen LogP contribution is -2.25. The number of aromatic amines is 1. The third kappa shape index (κ3) is 4.00. The molecule has 1 aliphatic carbocycles. The number of nitrogens with zero attached hydrogens (tertiary/aromatic N) is 6. The molecule has 1 aliphatic heterocycles. The summed E-state index contributed by atoms with van der Waals surface area (Å²) in [7, 11) is 0. The molecule has 30 heavy (non-hydrogen) atoms. The maximum atomic E-state index is 12.6. The van der Waals surface area contributed by atoms with Crippen LogP contribution in [0.15, 0.2) is 30.5 Å². The maximum absolute atomic E-state index is 12.6. The molecule has 5 rings (SSSR count). The van der Waals surface area contributed by atoms with Crippen LogP contribution in [0.1, 0.15) is 47.5 Å². The van der Waals surface area contributed by atoms with E-state index in [0.717, 1.165) is 49.2 Å². The van der Waals surface area contributed by atoms with Gasteiger partial charge < -0.3 is 10.2 Å². The molecular weight excluding hydrogens is 380 g/mol. The van der Waals surface area contributed by atoms with Crippen LogP contribution in [0.25, 0.3) is 0 Å². The van der Waals surface area contributed by atoms with E-state index in [9.17, 15) is 4.79 Å². The molecule has 0 fully saturated rings. The molecule has 3 aromatic rings. The molecule has 3 heterocycles. The maximum Gasteiger partial charge on any atom is 0.223 e. The number of unbranched alkanes of at least 4 members (excludes halogenated alkanes) is 1. The van der Waals surface area contributed by atoms with Crippen LogP contribution in [0.2, 0.25) is 0 Å². The molecule has 0 spiro atoms. The average molecular weight is 404 g/mol. The molecule has 2 aromatic heterocycles. The van der Waals surface area contributed by atoms with Gasteiger partial charge in [0.15, 0.2) is 0 Å². The SMILES string of the molecule is O=C(CCCCc1nnn[nH]1)N1Cc2cnc(NC3Cc4ccccc4C3)nc2C1. The van der Waals surface area contributed by atoms with Gasteiger partial charge in [-0.15, -0.1) is 5.10 Å². The summed E-state index contributed by atoms with van der Waals surface area (Å²) in [5.41, 5.74) is 4.78. The van der Waals surface area contributed by atoms with Crippen molar-refractivity contribution < 1.29 is 4.79 Å². The number of anilines is 1. The van der Waals surface area contributed by atoms with Crippen LogP contribution in [0.4, 0.5) is 5.95 Å². The Bertz CT molecular complexity index is 1010. The van der Waals surface area contributed by atoms with Crippen molar-refractivity contribution in [2.75, 3.05) is 5.32 Å². The van der Waals surface area contributed by atoms with Crippen molar-refractivity contribution in [2.45, 2.75) is 57.7 Å². The molecule has 0 atom stereocenters. The summed E-state index contributed by atoms with van der Waals surface area (Å²) in [6.45, 7) is 1.15. The highest BCUT2D eigenvalue weighted by Crippen LogP contribution is 2.26. The van der Waals surface area contributed by atoms with Gasteiger partial charge in [0.05, 0.1) is 12.2 Å². The van der Waals surface area contributed by atoms with Crippen LogP contribution < -0.4 is 5.32 Å². The smallest absolute Gasteiger partial charge is 0.223 e. The van der Waals surface area contributed by atoms with Crippen LogP contribution >= 0.6 is 0 Å². The van der Waals surface area contributed by atoms with Crippen LogP contribution in [0.3, 0.4) is 0 Å². The number of nitrogens with one attached hydrogen (secondary N) is 2. The molecular formula is C21H24N8O. The molecule has 1 amide bonds. The largest absolute Gasteiger partial charge is 0.351 e. The average Bonchev–Trinajstić information content (AvgIpc) is 3.49. The van der Waals surface area contributed by atoms with Gasteiger partial charge in [0.25, 0.3) is 0 Å². The van der Waals surface area contributed by atoms with Gasteiger partial charge in [-0.25, -0.2) is 15.1 Å². The first-order valence-corrected chi connectivity index (χ1v) is 10.4. The molecule has 0 saturated heterocycles. The zero-order valence-corrected chi connectivity index (χ0v) is 16.7. The number of aryl methyl sites for hydroxylation is 1. The fourth-order valence-electron chi connectivity index (χ4n) is 4.25. The number of fused-ring (bicyclic) bond motifs is 2. The molecule has 9 nitrogen and oxygen atoms in total. The van der Waals surface area contributed by atoms with Crippen molar-refractivity contribution in [2.24, 2.45) is 0 Å². The van der Waals surface area contributed by atoms with E-state index in [1.165, 1.54) is 11.1 Å². The number of H-pyrrole nitrogens is 1. The number of rotatable bonds is 7. The molecule has 9 heteroatoms. The zero-order chi connectivity index (χ0) is 20.3. The lowest BCUT2D eigenvalue weighted by atomic mass is 10.1. The molecule has 0 bridgehead atoms. The number of aromatic nitrogens is 6. The summed E-state index contributed by atoms with van der Waals surface area (Å²) in [6.07, 6.45) is 6.81.